The lowest BCUT2D eigenvalue weighted by atomic mass is 10.2. The quantitative estimate of drug-likeness (QED) is 0.538. The van der Waals surface area contributed by atoms with Gasteiger partial charge in [0.2, 0.25) is 5.91 Å². The number of benzene rings is 2. The average molecular weight is 457 g/mol. The third-order valence-electron chi connectivity index (χ3n) is 4.82. The SMILES string of the molecule is CCCn1c(=O)n(CCC(=O)Nc2ccc(F)c(NC(=O)OC(C)(C)C)c2)c2ccccc21. The van der Waals surface area contributed by atoms with Crippen molar-refractivity contribution in [2.75, 3.05) is 10.6 Å². The summed E-state index contributed by atoms with van der Waals surface area (Å²) in [5, 5.41) is 5.03. The van der Waals surface area contributed by atoms with Gasteiger partial charge in [0, 0.05) is 25.2 Å². The molecule has 2 amide bonds. The van der Waals surface area contributed by atoms with Crippen LogP contribution in [0, 0.1) is 5.82 Å². The maximum atomic E-state index is 14.1. The Morgan fingerprint density at radius 1 is 1.00 bits per heavy atom. The molecule has 0 fully saturated rings. The van der Waals surface area contributed by atoms with Gasteiger partial charge in [0.05, 0.1) is 16.7 Å². The molecule has 0 saturated heterocycles. The van der Waals surface area contributed by atoms with E-state index in [1.165, 1.54) is 12.1 Å². The number of aryl methyl sites for hydroxylation is 2. The summed E-state index contributed by atoms with van der Waals surface area (Å²) < 4.78 is 22.5. The van der Waals surface area contributed by atoms with E-state index in [2.05, 4.69) is 10.6 Å². The Balaban J connectivity index is 1.69. The summed E-state index contributed by atoms with van der Waals surface area (Å²) in [6.45, 7) is 7.90. The first-order chi connectivity index (χ1) is 15.6. The molecule has 2 N–H and O–H groups in total. The largest absolute Gasteiger partial charge is 0.444 e. The monoisotopic (exact) mass is 456 g/mol. The van der Waals surface area contributed by atoms with Gasteiger partial charge in [0.1, 0.15) is 11.4 Å². The van der Waals surface area contributed by atoms with Gasteiger partial charge in [0.25, 0.3) is 0 Å². The zero-order valence-corrected chi connectivity index (χ0v) is 19.3. The Kier molecular flexibility index (Phi) is 7.20. The molecule has 0 aliphatic carbocycles. The highest BCUT2D eigenvalue weighted by atomic mass is 19.1. The van der Waals surface area contributed by atoms with Crippen LogP contribution in [0.5, 0.6) is 0 Å². The number of amides is 2. The van der Waals surface area contributed by atoms with E-state index in [-0.39, 0.29) is 30.2 Å². The minimum absolute atomic E-state index is 0.0479. The third-order valence-corrected chi connectivity index (χ3v) is 4.82. The topological polar surface area (TPSA) is 94.4 Å². The molecule has 0 radical (unpaired) electrons. The van der Waals surface area contributed by atoms with Crippen molar-refractivity contribution in [2.45, 2.75) is 59.2 Å². The predicted octanol–water partition coefficient (Wildman–Crippen LogP) is 4.73. The fourth-order valence-electron chi connectivity index (χ4n) is 3.48. The molecule has 33 heavy (non-hydrogen) atoms. The van der Waals surface area contributed by atoms with Crippen molar-refractivity contribution in [3.8, 4) is 0 Å². The van der Waals surface area contributed by atoms with Crippen LogP contribution in [0.4, 0.5) is 20.6 Å². The zero-order valence-electron chi connectivity index (χ0n) is 19.3. The van der Waals surface area contributed by atoms with Crippen LogP contribution in [0.25, 0.3) is 11.0 Å². The highest BCUT2D eigenvalue weighted by molar-refractivity contribution is 5.92. The van der Waals surface area contributed by atoms with Gasteiger partial charge in [-0.3, -0.25) is 19.2 Å². The minimum atomic E-state index is -0.798. The van der Waals surface area contributed by atoms with Crippen LogP contribution in [0.1, 0.15) is 40.5 Å². The maximum Gasteiger partial charge on any atom is 0.412 e. The molecule has 1 heterocycles. The van der Waals surface area contributed by atoms with Crippen molar-refractivity contribution >= 4 is 34.4 Å². The fourth-order valence-corrected chi connectivity index (χ4v) is 3.48. The van der Waals surface area contributed by atoms with Crippen LogP contribution in [0.2, 0.25) is 0 Å². The second-order valence-corrected chi connectivity index (χ2v) is 8.69. The van der Waals surface area contributed by atoms with E-state index in [0.29, 0.717) is 12.2 Å². The molecule has 8 nitrogen and oxygen atoms in total. The minimum Gasteiger partial charge on any atom is -0.444 e. The molecule has 176 valence electrons. The number of ether oxygens (including phenoxy) is 1. The summed E-state index contributed by atoms with van der Waals surface area (Å²) >= 11 is 0. The highest BCUT2D eigenvalue weighted by Gasteiger charge is 2.18. The third kappa shape index (κ3) is 6.00. The zero-order chi connectivity index (χ0) is 24.2. The summed E-state index contributed by atoms with van der Waals surface area (Å²) in [4.78, 5) is 37.3. The van der Waals surface area contributed by atoms with Gasteiger partial charge in [-0.2, -0.15) is 0 Å². The highest BCUT2D eigenvalue weighted by Crippen LogP contribution is 2.21. The molecule has 0 spiro atoms. The summed E-state index contributed by atoms with van der Waals surface area (Å²) in [5.74, 6) is -1.00. The molecule has 0 saturated carbocycles. The average Bonchev–Trinajstić information content (AvgIpc) is 2.99. The summed E-state index contributed by atoms with van der Waals surface area (Å²) in [7, 11) is 0. The van der Waals surface area contributed by atoms with E-state index in [1.807, 2.05) is 31.2 Å². The van der Waals surface area contributed by atoms with Crippen molar-refractivity contribution in [3.05, 3.63) is 58.8 Å². The molecule has 0 unspecified atom stereocenters. The molecule has 2 aromatic carbocycles. The summed E-state index contributed by atoms with van der Waals surface area (Å²) in [6.07, 6.45) is 0.0675. The van der Waals surface area contributed by atoms with Gasteiger partial charge in [-0.15, -0.1) is 0 Å². The molecule has 9 heteroatoms. The molecule has 0 aliphatic rings. The van der Waals surface area contributed by atoms with Crippen LogP contribution >= 0.6 is 0 Å². The molecule has 3 rings (SSSR count). The van der Waals surface area contributed by atoms with Gasteiger partial charge in [-0.05, 0) is 57.5 Å². The Morgan fingerprint density at radius 3 is 2.24 bits per heavy atom. The molecule has 0 bridgehead atoms. The number of para-hydroxylation sites is 2. The Morgan fingerprint density at radius 2 is 1.64 bits per heavy atom. The van der Waals surface area contributed by atoms with Crippen LogP contribution in [-0.4, -0.2) is 26.7 Å². The lowest BCUT2D eigenvalue weighted by molar-refractivity contribution is -0.116. The molecular weight excluding hydrogens is 427 g/mol. The standard InChI is InChI=1S/C24H29FN4O4/c1-5-13-28-19-8-6-7-9-20(19)29(23(28)32)14-12-21(30)26-16-10-11-17(25)18(15-16)27-22(31)33-24(2,3)4/h6-11,15H,5,12-14H2,1-4H3,(H,26,30)(H,27,31). The number of nitrogens with zero attached hydrogens (tertiary/aromatic N) is 2. The Hall–Kier alpha value is -3.62. The van der Waals surface area contributed by atoms with Gasteiger partial charge in [-0.1, -0.05) is 19.1 Å². The van der Waals surface area contributed by atoms with E-state index >= 15 is 0 Å². The molecule has 3 aromatic rings. The summed E-state index contributed by atoms with van der Waals surface area (Å²) in [6, 6.07) is 11.3. The van der Waals surface area contributed by atoms with E-state index < -0.39 is 17.5 Å². The number of carbonyl (C=O) groups is 2. The Bertz CT molecular complexity index is 1220. The molecular formula is C24H29FN4O4. The van der Waals surface area contributed by atoms with E-state index in [4.69, 9.17) is 4.74 Å². The Labute approximate surface area is 191 Å². The van der Waals surface area contributed by atoms with Crippen molar-refractivity contribution in [3.63, 3.8) is 0 Å². The lowest BCUT2D eigenvalue weighted by Crippen LogP contribution is -2.27. The molecule has 0 aliphatic heterocycles. The van der Waals surface area contributed by atoms with Crippen LogP contribution in [0.15, 0.2) is 47.3 Å². The molecule has 1 aromatic heterocycles. The van der Waals surface area contributed by atoms with Gasteiger partial charge in [0.15, 0.2) is 0 Å². The van der Waals surface area contributed by atoms with E-state index in [1.54, 1.807) is 29.9 Å². The van der Waals surface area contributed by atoms with Crippen LogP contribution in [-0.2, 0) is 22.6 Å². The normalized spacial score (nSPS) is 11.4. The number of nitrogens with one attached hydrogen (secondary N) is 2. The molecule has 0 atom stereocenters. The number of hydrogen-bond donors (Lipinski definition) is 2. The second-order valence-electron chi connectivity index (χ2n) is 8.69. The number of rotatable bonds is 7. The van der Waals surface area contributed by atoms with Crippen molar-refractivity contribution in [1.29, 1.82) is 0 Å². The number of imidazole rings is 1. The van der Waals surface area contributed by atoms with Gasteiger partial charge < -0.3 is 10.1 Å². The first-order valence-corrected chi connectivity index (χ1v) is 10.9. The van der Waals surface area contributed by atoms with Gasteiger partial charge in [-0.25, -0.2) is 14.0 Å². The first-order valence-electron chi connectivity index (χ1n) is 10.9. The number of hydrogen-bond acceptors (Lipinski definition) is 4. The summed E-state index contributed by atoms with van der Waals surface area (Å²) in [5.41, 5.74) is 0.922. The number of anilines is 2. The van der Waals surface area contributed by atoms with Gasteiger partial charge >= 0.3 is 11.8 Å². The number of halogens is 1. The second kappa shape index (κ2) is 9.89. The van der Waals surface area contributed by atoms with E-state index in [9.17, 15) is 18.8 Å². The number of fused-ring (bicyclic) bond motifs is 1. The first kappa shape index (κ1) is 24.0. The fraction of sp³-hybridized carbons (Fsp3) is 0.375. The number of carbonyl (C=O) groups excluding carboxylic acids is 2. The van der Waals surface area contributed by atoms with Crippen LogP contribution in [0.3, 0.4) is 0 Å². The van der Waals surface area contributed by atoms with Crippen LogP contribution < -0.4 is 16.3 Å². The lowest BCUT2D eigenvalue weighted by Gasteiger charge is -2.20. The van der Waals surface area contributed by atoms with Crippen molar-refractivity contribution in [2.24, 2.45) is 0 Å². The maximum absolute atomic E-state index is 14.1. The smallest absolute Gasteiger partial charge is 0.412 e. The van der Waals surface area contributed by atoms with Crippen molar-refractivity contribution < 1.29 is 18.7 Å². The van der Waals surface area contributed by atoms with Crippen molar-refractivity contribution in [1.82, 2.24) is 9.13 Å². The van der Waals surface area contributed by atoms with E-state index in [0.717, 1.165) is 23.5 Å². The number of aromatic nitrogens is 2. The predicted molar refractivity (Wildman–Crippen MR) is 126 cm³/mol.